The summed E-state index contributed by atoms with van der Waals surface area (Å²) in [6.45, 7) is 6.12. The molecule has 1 aromatic rings. The van der Waals surface area contributed by atoms with Gasteiger partial charge in [-0.25, -0.2) is 4.79 Å². The number of esters is 1. The number of carbonyl (C=O) groups is 1. The van der Waals surface area contributed by atoms with E-state index >= 15 is 0 Å². The Hall–Kier alpha value is -0.830. The van der Waals surface area contributed by atoms with Crippen molar-refractivity contribution in [2.45, 2.75) is 20.8 Å². The van der Waals surface area contributed by atoms with E-state index < -0.39 is 0 Å². The standard InChI is InChI=1S/C11H13BrO2/c1-4-14-11(13)9-6-7(2)5-8(3)10(9)12/h5-6H,4H2,1-3H3. The molecule has 1 rings (SSSR count). The van der Waals surface area contributed by atoms with Gasteiger partial charge in [-0.05, 0) is 53.9 Å². The van der Waals surface area contributed by atoms with Gasteiger partial charge in [0.2, 0.25) is 0 Å². The van der Waals surface area contributed by atoms with Crippen LogP contribution in [0.4, 0.5) is 0 Å². The van der Waals surface area contributed by atoms with Gasteiger partial charge in [0.1, 0.15) is 0 Å². The third-order valence-corrected chi connectivity index (χ3v) is 2.95. The van der Waals surface area contributed by atoms with Gasteiger partial charge in [0.05, 0.1) is 12.2 Å². The summed E-state index contributed by atoms with van der Waals surface area (Å²) in [6.07, 6.45) is 0. The maximum atomic E-state index is 11.5. The second kappa shape index (κ2) is 4.60. The first-order valence-corrected chi connectivity index (χ1v) is 5.29. The quantitative estimate of drug-likeness (QED) is 0.760. The van der Waals surface area contributed by atoms with E-state index in [4.69, 9.17) is 4.74 Å². The first-order chi connectivity index (χ1) is 6.56. The Morgan fingerprint density at radius 1 is 1.43 bits per heavy atom. The molecule has 0 heterocycles. The predicted molar refractivity (Wildman–Crippen MR) is 59.6 cm³/mol. The minimum Gasteiger partial charge on any atom is -0.462 e. The fourth-order valence-corrected chi connectivity index (χ4v) is 1.70. The molecule has 0 amide bonds. The molecular weight excluding hydrogens is 244 g/mol. The van der Waals surface area contributed by atoms with Crippen LogP contribution in [0, 0.1) is 13.8 Å². The van der Waals surface area contributed by atoms with Crippen molar-refractivity contribution >= 4 is 21.9 Å². The predicted octanol–water partition coefficient (Wildman–Crippen LogP) is 3.24. The molecule has 3 heteroatoms. The summed E-state index contributed by atoms with van der Waals surface area (Å²) in [5.74, 6) is -0.272. The lowest BCUT2D eigenvalue weighted by molar-refractivity contribution is 0.0525. The molecule has 0 spiro atoms. The number of hydrogen-bond acceptors (Lipinski definition) is 2. The topological polar surface area (TPSA) is 26.3 Å². The molecule has 14 heavy (non-hydrogen) atoms. The molecule has 0 unspecified atom stereocenters. The van der Waals surface area contributed by atoms with Gasteiger partial charge in [0.15, 0.2) is 0 Å². The summed E-state index contributed by atoms with van der Waals surface area (Å²) in [7, 11) is 0. The molecule has 0 radical (unpaired) electrons. The molecule has 0 saturated carbocycles. The maximum Gasteiger partial charge on any atom is 0.339 e. The lowest BCUT2D eigenvalue weighted by Crippen LogP contribution is -2.06. The van der Waals surface area contributed by atoms with E-state index in [9.17, 15) is 4.79 Å². The van der Waals surface area contributed by atoms with Crippen LogP contribution in [0.15, 0.2) is 16.6 Å². The molecular formula is C11H13BrO2. The van der Waals surface area contributed by atoms with Crippen LogP contribution in [0.5, 0.6) is 0 Å². The van der Waals surface area contributed by atoms with E-state index in [1.54, 1.807) is 6.92 Å². The minimum absolute atomic E-state index is 0.272. The van der Waals surface area contributed by atoms with Crippen molar-refractivity contribution in [1.82, 2.24) is 0 Å². The lowest BCUT2D eigenvalue weighted by atomic mass is 10.1. The van der Waals surface area contributed by atoms with Gasteiger partial charge < -0.3 is 4.74 Å². The van der Waals surface area contributed by atoms with Crippen LogP contribution in [-0.4, -0.2) is 12.6 Å². The summed E-state index contributed by atoms with van der Waals surface area (Å²) in [5, 5.41) is 0. The molecule has 0 aromatic heterocycles. The van der Waals surface area contributed by atoms with Crippen LogP contribution in [0.2, 0.25) is 0 Å². The van der Waals surface area contributed by atoms with Gasteiger partial charge in [-0.1, -0.05) is 6.07 Å². The van der Waals surface area contributed by atoms with Crippen LogP contribution in [0.1, 0.15) is 28.4 Å². The smallest absolute Gasteiger partial charge is 0.339 e. The van der Waals surface area contributed by atoms with Gasteiger partial charge in [0.25, 0.3) is 0 Å². The highest BCUT2D eigenvalue weighted by Crippen LogP contribution is 2.23. The molecule has 0 fully saturated rings. The van der Waals surface area contributed by atoms with Gasteiger partial charge >= 0.3 is 5.97 Å². The lowest BCUT2D eigenvalue weighted by Gasteiger charge is -2.07. The first kappa shape index (κ1) is 11.2. The third kappa shape index (κ3) is 2.35. The molecule has 0 aliphatic carbocycles. The summed E-state index contributed by atoms with van der Waals surface area (Å²) >= 11 is 3.38. The summed E-state index contributed by atoms with van der Waals surface area (Å²) in [6, 6.07) is 3.85. The number of halogens is 1. The highest BCUT2D eigenvalue weighted by molar-refractivity contribution is 9.10. The minimum atomic E-state index is -0.272. The van der Waals surface area contributed by atoms with Crippen LogP contribution in [0.25, 0.3) is 0 Å². The van der Waals surface area contributed by atoms with E-state index in [1.807, 2.05) is 26.0 Å². The molecule has 0 aliphatic rings. The molecule has 0 atom stereocenters. The normalized spacial score (nSPS) is 10.0. The van der Waals surface area contributed by atoms with Crippen molar-refractivity contribution in [3.8, 4) is 0 Å². The largest absolute Gasteiger partial charge is 0.462 e. The number of rotatable bonds is 2. The highest BCUT2D eigenvalue weighted by atomic mass is 79.9. The summed E-state index contributed by atoms with van der Waals surface area (Å²) in [4.78, 5) is 11.5. The van der Waals surface area contributed by atoms with Crippen molar-refractivity contribution < 1.29 is 9.53 Å². The summed E-state index contributed by atoms with van der Waals surface area (Å²) < 4.78 is 5.77. The third-order valence-electron chi connectivity index (χ3n) is 1.89. The van der Waals surface area contributed by atoms with E-state index in [-0.39, 0.29) is 5.97 Å². The van der Waals surface area contributed by atoms with Crippen LogP contribution in [-0.2, 0) is 4.74 Å². The van der Waals surface area contributed by atoms with Gasteiger partial charge in [0, 0.05) is 4.47 Å². The fraction of sp³-hybridized carbons (Fsp3) is 0.364. The Balaban J connectivity index is 3.13. The van der Waals surface area contributed by atoms with Gasteiger partial charge in [-0.15, -0.1) is 0 Å². The molecule has 0 bridgehead atoms. The maximum absolute atomic E-state index is 11.5. The van der Waals surface area contributed by atoms with E-state index in [0.717, 1.165) is 15.6 Å². The molecule has 2 nitrogen and oxygen atoms in total. The number of aryl methyl sites for hydroxylation is 2. The molecule has 1 aromatic carbocycles. The van der Waals surface area contributed by atoms with E-state index in [2.05, 4.69) is 15.9 Å². The van der Waals surface area contributed by atoms with E-state index in [0.29, 0.717) is 12.2 Å². The first-order valence-electron chi connectivity index (χ1n) is 4.50. The fourth-order valence-electron chi connectivity index (χ4n) is 1.31. The van der Waals surface area contributed by atoms with Crippen molar-refractivity contribution in [1.29, 1.82) is 0 Å². The van der Waals surface area contributed by atoms with Crippen LogP contribution < -0.4 is 0 Å². The number of hydrogen-bond donors (Lipinski definition) is 0. The van der Waals surface area contributed by atoms with Crippen molar-refractivity contribution in [2.24, 2.45) is 0 Å². The van der Waals surface area contributed by atoms with Crippen molar-refractivity contribution in [3.63, 3.8) is 0 Å². The number of carbonyl (C=O) groups excluding carboxylic acids is 1. The Labute approximate surface area is 92.4 Å². The Bertz CT molecular complexity index is 359. The molecule has 0 N–H and O–H groups in total. The van der Waals surface area contributed by atoms with Gasteiger partial charge in [-0.3, -0.25) is 0 Å². The molecule has 76 valence electrons. The number of benzene rings is 1. The van der Waals surface area contributed by atoms with Crippen molar-refractivity contribution in [3.05, 3.63) is 33.3 Å². The zero-order valence-corrected chi connectivity index (χ0v) is 10.1. The Kier molecular flexibility index (Phi) is 3.69. The second-order valence-electron chi connectivity index (χ2n) is 3.16. The SMILES string of the molecule is CCOC(=O)c1cc(C)cc(C)c1Br. The second-order valence-corrected chi connectivity index (χ2v) is 3.96. The average Bonchev–Trinajstić information content (AvgIpc) is 2.11. The Morgan fingerprint density at radius 2 is 2.07 bits per heavy atom. The highest BCUT2D eigenvalue weighted by Gasteiger charge is 2.12. The summed E-state index contributed by atoms with van der Waals surface area (Å²) in [5.41, 5.74) is 2.71. The van der Waals surface area contributed by atoms with Crippen LogP contribution in [0.3, 0.4) is 0 Å². The average molecular weight is 257 g/mol. The Morgan fingerprint density at radius 3 is 2.64 bits per heavy atom. The zero-order valence-electron chi connectivity index (χ0n) is 8.56. The molecule has 0 saturated heterocycles. The van der Waals surface area contributed by atoms with E-state index in [1.165, 1.54) is 0 Å². The zero-order chi connectivity index (χ0) is 10.7. The van der Waals surface area contributed by atoms with Gasteiger partial charge in [-0.2, -0.15) is 0 Å². The van der Waals surface area contributed by atoms with Crippen molar-refractivity contribution in [2.75, 3.05) is 6.61 Å². The van der Waals surface area contributed by atoms with Crippen LogP contribution >= 0.6 is 15.9 Å². The monoisotopic (exact) mass is 256 g/mol. The number of ether oxygens (including phenoxy) is 1. The molecule has 0 aliphatic heterocycles.